The van der Waals surface area contributed by atoms with Crippen molar-refractivity contribution >= 4 is 0 Å². The lowest BCUT2D eigenvalue weighted by Gasteiger charge is -2.24. The van der Waals surface area contributed by atoms with Crippen molar-refractivity contribution in [3.05, 3.63) is 0 Å². The van der Waals surface area contributed by atoms with E-state index in [9.17, 15) is 13.9 Å². The van der Waals surface area contributed by atoms with Crippen LogP contribution < -0.4 is 5.32 Å². The number of nitrogens with one attached hydrogen (secondary N) is 1. The highest BCUT2D eigenvalue weighted by atomic mass is 19.3. The third-order valence-corrected chi connectivity index (χ3v) is 1.94. The van der Waals surface area contributed by atoms with Crippen LogP contribution in [0.4, 0.5) is 8.78 Å². The summed E-state index contributed by atoms with van der Waals surface area (Å²) >= 11 is 0. The minimum atomic E-state index is -2.38. The lowest BCUT2D eigenvalue weighted by Crippen LogP contribution is -2.43. The second kappa shape index (κ2) is 4.72. The van der Waals surface area contributed by atoms with Crippen LogP contribution in [0.25, 0.3) is 0 Å². The molecule has 0 aliphatic rings. The van der Waals surface area contributed by atoms with Crippen molar-refractivity contribution in [2.45, 2.75) is 45.3 Å². The maximum atomic E-state index is 12.0. The van der Waals surface area contributed by atoms with Gasteiger partial charge in [0.2, 0.25) is 0 Å². The summed E-state index contributed by atoms with van der Waals surface area (Å²) in [7, 11) is 0. The maximum absolute atomic E-state index is 12.0. The molecule has 4 heteroatoms. The minimum absolute atomic E-state index is 0.203. The van der Waals surface area contributed by atoms with Gasteiger partial charge >= 0.3 is 0 Å². The van der Waals surface area contributed by atoms with Gasteiger partial charge in [0.05, 0.1) is 11.6 Å². The molecule has 0 saturated heterocycles. The normalized spacial score (nSPS) is 19.2. The van der Waals surface area contributed by atoms with Gasteiger partial charge in [-0.1, -0.05) is 6.92 Å². The molecule has 0 radical (unpaired) electrons. The summed E-state index contributed by atoms with van der Waals surface area (Å²) in [5.41, 5.74) is -0.886. The van der Waals surface area contributed by atoms with E-state index in [1.807, 2.05) is 6.92 Å². The summed E-state index contributed by atoms with van der Waals surface area (Å²) in [5, 5.41) is 12.0. The molecule has 2 nitrogen and oxygen atoms in total. The molecule has 0 fully saturated rings. The highest BCUT2D eigenvalue weighted by Gasteiger charge is 2.21. The molecule has 0 saturated carbocycles. The number of rotatable bonds is 5. The molecule has 0 bridgehead atoms. The van der Waals surface area contributed by atoms with Crippen LogP contribution in [0.3, 0.4) is 0 Å². The maximum Gasteiger partial charge on any atom is 0.253 e. The summed E-state index contributed by atoms with van der Waals surface area (Å²) in [5.74, 6) is 0. The van der Waals surface area contributed by atoms with E-state index in [0.717, 1.165) is 0 Å². The molecule has 2 N–H and O–H groups in total. The molecule has 2 unspecified atom stereocenters. The molecule has 12 heavy (non-hydrogen) atoms. The molecule has 0 aliphatic carbocycles. The Morgan fingerprint density at radius 3 is 2.33 bits per heavy atom. The van der Waals surface area contributed by atoms with Crippen molar-refractivity contribution in [3.63, 3.8) is 0 Å². The summed E-state index contributed by atoms with van der Waals surface area (Å²) in [6.07, 6.45) is -1.83. The molecule has 0 aromatic heterocycles. The zero-order valence-electron chi connectivity index (χ0n) is 7.77. The topological polar surface area (TPSA) is 32.3 Å². The lowest BCUT2D eigenvalue weighted by molar-refractivity contribution is 0.0391. The van der Waals surface area contributed by atoms with Gasteiger partial charge in [0.15, 0.2) is 0 Å². The first-order valence-electron chi connectivity index (χ1n) is 4.13. The van der Waals surface area contributed by atoms with Crippen LogP contribution in [-0.2, 0) is 0 Å². The first-order chi connectivity index (χ1) is 5.39. The molecule has 0 rings (SSSR count). The second-order valence-corrected chi connectivity index (χ2v) is 3.35. The summed E-state index contributed by atoms with van der Waals surface area (Å²) < 4.78 is 23.9. The molecule has 0 heterocycles. The van der Waals surface area contributed by atoms with E-state index in [2.05, 4.69) is 5.32 Å². The van der Waals surface area contributed by atoms with Crippen molar-refractivity contribution < 1.29 is 13.9 Å². The van der Waals surface area contributed by atoms with Crippen molar-refractivity contribution in [1.29, 1.82) is 0 Å². The Bertz CT molecular complexity index is 128. The monoisotopic (exact) mass is 181 g/mol. The predicted molar refractivity (Wildman–Crippen MR) is 44.4 cm³/mol. The molecule has 2 atom stereocenters. The van der Waals surface area contributed by atoms with E-state index < -0.39 is 18.1 Å². The van der Waals surface area contributed by atoms with E-state index in [4.69, 9.17) is 0 Å². The Morgan fingerprint density at radius 2 is 2.00 bits per heavy atom. The van der Waals surface area contributed by atoms with Crippen LogP contribution in [0.15, 0.2) is 0 Å². The van der Waals surface area contributed by atoms with Crippen LogP contribution in [-0.4, -0.2) is 29.7 Å². The van der Waals surface area contributed by atoms with Gasteiger partial charge in [-0.05, 0) is 20.3 Å². The minimum Gasteiger partial charge on any atom is -0.389 e. The van der Waals surface area contributed by atoms with Crippen molar-refractivity contribution in [3.8, 4) is 0 Å². The molecule has 0 aliphatic heterocycles. The molecule has 74 valence electrons. The highest BCUT2D eigenvalue weighted by molar-refractivity contribution is 4.76. The Balaban J connectivity index is 3.67. The number of hydrogen-bond acceptors (Lipinski definition) is 2. The van der Waals surface area contributed by atoms with Crippen molar-refractivity contribution in [2.75, 3.05) is 6.54 Å². The first-order valence-corrected chi connectivity index (χ1v) is 4.13. The number of halogens is 2. The number of hydrogen-bond donors (Lipinski definition) is 2. The Kier molecular flexibility index (Phi) is 4.63. The zero-order valence-corrected chi connectivity index (χ0v) is 7.77. The molecule has 0 aromatic rings. The predicted octanol–water partition coefficient (Wildman–Crippen LogP) is 1.39. The Morgan fingerprint density at radius 1 is 1.50 bits per heavy atom. The van der Waals surface area contributed by atoms with Crippen LogP contribution in [0.1, 0.15) is 27.2 Å². The average molecular weight is 181 g/mol. The molecule has 0 spiro atoms. The van der Waals surface area contributed by atoms with Crippen LogP contribution >= 0.6 is 0 Å². The van der Waals surface area contributed by atoms with Gasteiger partial charge in [-0.2, -0.15) is 0 Å². The van der Waals surface area contributed by atoms with Crippen molar-refractivity contribution in [1.82, 2.24) is 5.32 Å². The van der Waals surface area contributed by atoms with Crippen LogP contribution in [0.5, 0.6) is 0 Å². The average Bonchev–Trinajstić information content (AvgIpc) is 2.00. The van der Waals surface area contributed by atoms with Gasteiger partial charge in [0, 0.05) is 6.54 Å². The van der Waals surface area contributed by atoms with E-state index >= 15 is 0 Å². The zero-order chi connectivity index (χ0) is 9.78. The van der Waals surface area contributed by atoms with Gasteiger partial charge in [0.25, 0.3) is 6.43 Å². The fraction of sp³-hybridized carbons (Fsp3) is 1.00. The lowest BCUT2D eigenvalue weighted by atomic mass is 10.0. The van der Waals surface area contributed by atoms with E-state index in [0.29, 0.717) is 6.42 Å². The van der Waals surface area contributed by atoms with Gasteiger partial charge in [-0.25, -0.2) is 8.78 Å². The molecular weight excluding hydrogens is 164 g/mol. The summed E-state index contributed by atoms with van der Waals surface area (Å²) in [6, 6.07) is -0.858. The molecule has 0 aromatic carbocycles. The Hall–Kier alpha value is -0.220. The quantitative estimate of drug-likeness (QED) is 0.671. The fourth-order valence-corrected chi connectivity index (χ4v) is 0.595. The number of aliphatic hydroxyl groups is 1. The third-order valence-electron chi connectivity index (χ3n) is 1.94. The summed E-state index contributed by atoms with van der Waals surface area (Å²) in [4.78, 5) is 0. The first kappa shape index (κ1) is 11.8. The largest absolute Gasteiger partial charge is 0.389 e. The highest BCUT2D eigenvalue weighted by Crippen LogP contribution is 2.07. The molecular formula is C8H17F2NO. The van der Waals surface area contributed by atoms with Gasteiger partial charge in [0.1, 0.15) is 0 Å². The van der Waals surface area contributed by atoms with Crippen molar-refractivity contribution in [2.24, 2.45) is 0 Å². The SMILES string of the molecule is CCC(C)(O)CNC(C)C(F)F. The van der Waals surface area contributed by atoms with Gasteiger partial charge in [-0.3, -0.25) is 0 Å². The van der Waals surface area contributed by atoms with Gasteiger partial charge < -0.3 is 10.4 Å². The smallest absolute Gasteiger partial charge is 0.253 e. The fourth-order valence-electron chi connectivity index (χ4n) is 0.595. The van der Waals surface area contributed by atoms with Crippen LogP contribution in [0, 0.1) is 0 Å². The third kappa shape index (κ3) is 4.62. The van der Waals surface area contributed by atoms with E-state index in [1.54, 1.807) is 6.92 Å². The number of alkyl halides is 2. The van der Waals surface area contributed by atoms with E-state index in [1.165, 1.54) is 6.92 Å². The molecule has 0 amide bonds. The van der Waals surface area contributed by atoms with E-state index in [-0.39, 0.29) is 6.54 Å². The standard InChI is InChI=1S/C8H17F2NO/c1-4-8(3,12)5-11-6(2)7(9)10/h6-7,11-12H,4-5H2,1-3H3. The van der Waals surface area contributed by atoms with Gasteiger partial charge in [-0.15, -0.1) is 0 Å². The second-order valence-electron chi connectivity index (χ2n) is 3.35. The summed E-state index contributed by atoms with van der Waals surface area (Å²) in [6.45, 7) is 5.04. The Labute approximate surface area is 72.0 Å². The van der Waals surface area contributed by atoms with Crippen LogP contribution in [0.2, 0.25) is 0 Å².